The zero-order valence-electron chi connectivity index (χ0n) is 26.7. The fraction of sp³-hybridized carbons (Fsp3) is 0.457. The van der Waals surface area contributed by atoms with Crippen LogP contribution in [0.4, 0.5) is 4.39 Å². The Balaban J connectivity index is 0.000000240. The number of hydrogen-bond donors (Lipinski definition) is 5. The lowest BCUT2D eigenvalue weighted by Crippen LogP contribution is -2.42. The number of ether oxygens (including phenoxy) is 2. The zero-order valence-corrected chi connectivity index (χ0v) is 26.7. The molecular formula is C35H48FN3O5. The summed E-state index contributed by atoms with van der Waals surface area (Å²) in [6.45, 7) is 13.2. The third kappa shape index (κ3) is 10.9. The van der Waals surface area contributed by atoms with Gasteiger partial charge in [-0.2, -0.15) is 0 Å². The van der Waals surface area contributed by atoms with Crippen LogP contribution >= 0.6 is 0 Å². The van der Waals surface area contributed by atoms with Crippen molar-refractivity contribution in [2.24, 2.45) is 0 Å². The summed E-state index contributed by atoms with van der Waals surface area (Å²) in [5.41, 5.74) is 2.28. The fourth-order valence-electron chi connectivity index (χ4n) is 4.48. The van der Waals surface area contributed by atoms with Crippen LogP contribution in [0.3, 0.4) is 0 Å². The number of aromatic amines is 1. The van der Waals surface area contributed by atoms with E-state index in [1.54, 1.807) is 0 Å². The molecule has 8 nitrogen and oxygen atoms in total. The number of aliphatic hydroxyl groups excluding tert-OH is 2. The van der Waals surface area contributed by atoms with Gasteiger partial charge in [0.25, 0.3) is 0 Å². The van der Waals surface area contributed by atoms with E-state index >= 15 is 0 Å². The van der Waals surface area contributed by atoms with E-state index in [1.807, 2.05) is 58.0 Å². The Labute approximate surface area is 260 Å². The first kappa shape index (κ1) is 35.0. The molecule has 0 aliphatic rings. The van der Waals surface area contributed by atoms with E-state index in [2.05, 4.69) is 41.6 Å². The van der Waals surface area contributed by atoms with Crippen LogP contribution < -0.4 is 20.1 Å². The second-order valence-corrected chi connectivity index (χ2v) is 12.3. The van der Waals surface area contributed by atoms with Crippen molar-refractivity contribution in [2.45, 2.75) is 78.2 Å². The van der Waals surface area contributed by atoms with Crippen LogP contribution in [0.5, 0.6) is 11.5 Å². The van der Waals surface area contributed by atoms with Gasteiger partial charge in [0, 0.05) is 47.4 Å². The Morgan fingerprint density at radius 2 is 1.57 bits per heavy atom. The van der Waals surface area contributed by atoms with Crippen molar-refractivity contribution in [3.05, 3.63) is 72.0 Å². The molecule has 2 unspecified atom stereocenters. The number of aromatic nitrogens is 1. The third-order valence-electron chi connectivity index (χ3n) is 6.70. The quantitative estimate of drug-likeness (QED) is 0.112. The summed E-state index contributed by atoms with van der Waals surface area (Å²) in [7, 11) is 0. The summed E-state index contributed by atoms with van der Waals surface area (Å²) in [6.07, 6.45) is -0.206. The molecule has 0 amide bonds. The van der Waals surface area contributed by atoms with Crippen LogP contribution in [-0.2, 0) is 0 Å². The number of hydrogen-bond acceptors (Lipinski definition) is 7. The van der Waals surface area contributed by atoms with E-state index in [0.717, 1.165) is 27.6 Å². The molecule has 0 aliphatic carbocycles. The van der Waals surface area contributed by atoms with Crippen molar-refractivity contribution in [1.29, 1.82) is 0 Å². The summed E-state index contributed by atoms with van der Waals surface area (Å²) in [6, 6.07) is 18.3. The molecule has 5 N–H and O–H groups in total. The van der Waals surface area contributed by atoms with Crippen LogP contribution in [-0.4, -0.2) is 71.1 Å². The number of nitrogens with one attached hydrogen (secondary N) is 3. The van der Waals surface area contributed by atoms with E-state index < -0.39 is 18.0 Å². The molecule has 0 saturated carbocycles. The molecule has 0 aliphatic heterocycles. The number of aliphatic hydroxyl groups is 2. The molecule has 44 heavy (non-hydrogen) atoms. The molecule has 1 heterocycles. The highest BCUT2D eigenvalue weighted by Crippen LogP contribution is 2.33. The van der Waals surface area contributed by atoms with Crippen LogP contribution in [0.25, 0.3) is 21.8 Å². The Morgan fingerprint density at radius 1 is 0.909 bits per heavy atom. The average Bonchev–Trinajstić information content (AvgIpc) is 3.36. The highest BCUT2D eigenvalue weighted by atomic mass is 19.1. The van der Waals surface area contributed by atoms with Crippen molar-refractivity contribution in [1.82, 2.24) is 15.6 Å². The Bertz CT molecular complexity index is 1480. The molecule has 4 rings (SSSR count). The highest BCUT2D eigenvalue weighted by Gasteiger charge is 2.17. The Kier molecular flexibility index (Phi) is 13.1. The molecule has 240 valence electrons. The minimum absolute atomic E-state index is 0.0428. The summed E-state index contributed by atoms with van der Waals surface area (Å²) in [5.74, 6) is 0.495. The zero-order chi connectivity index (χ0) is 32.3. The van der Waals surface area contributed by atoms with Gasteiger partial charge in [-0.25, -0.2) is 4.39 Å². The van der Waals surface area contributed by atoms with E-state index in [1.165, 1.54) is 18.2 Å². The molecular weight excluding hydrogens is 561 g/mol. The predicted molar refractivity (Wildman–Crippen MR) is 175 cm³/mol. The largest absolute Gasteiger partial charge is 0.490 e. The number of benzene rings is 3. The van der Waals surface area contributed by atoms with Gasteiger partial charge in [0.15, 0.2) is 5.78 Å². The number of H-pyrrole nitrogens is 1. The standard InChI is InChI=1S/C18H22N2O2.C17H26FNO3/c1-12(2)19-10-13(21)11-22-17-9-5-8-16-18(17)14-6-3-4-7-15(14)20-16;1-5-6-15(21)14-9-12(18)7-8-16(14)22-11-13(20)10-19-17(2,3)4/h3-9,12-13,19-21H,10-11H2,1-2H3;7-9,13,19-20H,5-6,10-11H2,1-4H3. The second kappa shape index (κ2) is 16.5. The number of halogens is 1. The van der Waals surface area contributed by atoms with Gasteiger partial charge in [0.2, 0.25) is 0 Å². The molecule has 0 bridgehead atoms. The van der Waals surface area contributed by atoms with Gasteiger partial charge in [-0.3, -0.25) is 4.79 Å². The topological polar surface area (TPSA) is 116 Å². The van der Waals surface area contributed by atoms with Gasteiger partial charge in [-0.15, -0.1) is 0 Å². The van der Waals surface area contributed by atoms with Crippen molar-refractivity contribution < 1.29 is 28.9 Å². The second-order valence-electron chi connectivity index (χ2n) is 12.3. The van der Waals surface area contributed by atoms with Gasteiger partial charge >= 0.3 is 0 Å². The molecule has 9 heteroatoms. The van der Waals surface area contributed by atoms with E-state index in [9.17, 15) is 19.4 Å². The first-order valence-electron chi connectivity index (χ1n) is 15.3. The first-order chi connectivity index (χ1) is 20.9. The molecule has 0 radical (unpaired) electrons. The number of ketones is 1. The number of β-amino-alcohol motifs (C(OH)–C–C–N with tert-alkyl or cyclic N) is 1. The maximum absolute atomic E-state index is 13.3. The summed E-state index contributed by atoms with van der Waals surface area (Å²) in [4.78, 5) is 15.4. The van der Waals surface area contributed by atoms with E-state index in [4.69, 9.17) is 9.47 Å². The Hall–Kier alpha value is -3.50. The summed E-state index contributed by atoms with van der Waals surface area (Å²) >= 11 is 0. The number of para-hydroxylation sites is 1. The number of carbonyl (C=O) groups is 1. The van der Waals surface area contributed by atoms with Gasteiger partial charge < -0.3 is 35.3 Å². The molecule has 3 aromatic carbocycles. The SMILES string of the molecule is CC(C)NCC(O)COc1cccc2[nH]c3ccccc3c12.CCCC(=O)c1cc(F)ccc1OCC(O)CNC(C)(C)C. The smallest absolute Gasteiger partial charge is 0.166 e. The molecule has 1 aromatic heterocycles. The van der Waals surface area contributed by atoms with Crippen molar-refractivity contribution in [2.75, 3.05) is 26.3 Å². The lowest BCUT2D eigenvalue weighted by molar-refractivity contribution is 0.0932. The van der Waals surface area contributed by atoms with Crippen LogP contribution in [0.15, 0.2) is 60.7 Å². The number of rotatable bonds is 14. The first-order valence-corrected chi connectivity index (χ1v) is 15.3. The minimum Gasteiger partial charge on any atom is -0.490 e. The van der Waals surface area contributed by atoms with Gasteiger partial charge in [-0.05, 0) is 63.6 Å². The predicted octanol–water partition coefficient (Wildman–Crippen LogP) is 6.00. The van der Waals surface area contributed by atoms with Crippen molar-refractivity contribution in [3.63, 3.8) is 0 Å². The highest BCUT2D eigenvalue weighted by molar-refractivity contribution is 6.10. The lowest BCUT2D eigenvalue weighted by atomic mass is 10.1. The fourth-order valence-corrected chi connectivity index (χ4v) is 4.48. The van der Waals surface area contributed by atoms with Gasteiger partial charge in [-0.1, -0.05) is 45.0 Å². The maximum atomic E-state index is 13.3. The molecule has 0 saturated heterocycles. The Morgan fingerprint density at radius 3 is 2.25 bits per heavy atom. The van der Waals surface area contributed by atoms with Crippen molar-refractivity contribution >= 4 is 27.6 Å². The molecule has 2 atom stereocenters. The molecule has 0 fully saturated rings. The third-order valence-corrected chi connectivity index (χ3v) is 6.70. The molecule has 4 aromatic rings. The number of fused-ring (bicyclic) bond motifs is 3. The minimum atomic E-state index is -0.710. The van der Waals surface area contributed by atoms with Gasteiger partial charge in [0.1, 0.15) is 42.7 Å². The van der Waals surface area contributed by atoms with Gasteiger partial charge in [0.05, 0.1) is 11.1 Å². The number of Topliss-reactive ketones (excluding diaryl/α,β-unsaturated/α-hetero) is 1. The molecule has 0 spiro atoms. The lowest BCUT2D eigenvalue weighted by Gasteiger charge is -2.23. The monoisotopic (exact) mass is 609 g/mol. The normalized spacial score (nSPS) is 13.0. The number of carbonyl (C=O) groups excluding carboxylic acids is 1. The maximum Gasteiger partial charge on any atom is 0.166 e. The summed E-state index contributed by atoms with van der Waals surface area (Å²) in [5, 5.41) is 28.5. The van der Waals surface area contributed by atoms with Crippen molar-refractivity contribution in [3.8, 4) is 11.5 Å². The van der Waals surface area contributed by atoms with Crippen LogP contribution in [0.1, 0.15) is 64.7 Å². The van der Waals surface area contributed by atoms with E-state index in [-0.39, 0.29) is 30.1 Å². The summed E-state index contributed by atoms with van der Waals surface area (Å²) < 4.78 is 24.7. The van der Waals surface area contributed by atoms with E-state index in [0.29, 0.717) is 37.7 Å². The van der Waals surface area contributed by atoms with Crippen LogP contribution in [0, 0.1) is 5.82 Å². The average molecular weight is 610 g/mol. The van der Waals surface area contributed by atoms with Crippen LogP contribution in [0.2, 0.25) is 0 Å².